The smallest absolute Gasteiger partial charge is 0.343 e. The lowest BCUT2D eigenvalue weighted by Crippen LogP contribution is -2.44. The number of fused-ring (bicyclic) bond motifs is 5. The molecule has 3 aromatic rings. The molecule has 1 amide bonds. The number of likely N-dealkylation sites (N-methyl/N-ethyl adjacent to an activating group) is 1. The minimum absolute atomic E-state index is 0.0401. The molecule has 4 heterocycles. The number of nitrogens with one attached hydrogen (secondary N) is 2. The first-order valence-corrected chi connectivity index (χ1v) is 12.4. The topological polar surface area (TPSA) is 123 Å². The van der Waals surface area contributed by atoms with Crippen molar-refractivity contribution in [1.29, 1.82) is 0 Å². The summed E-state index contributed by atoms with van der Waals surface area (Å²) in [7, 11) is 1.70. The van der Waals surface area contributed by atoms with Gasteiger partial charge in [-0.3, -0.25) is 9.59 Å². The number of aliphatic hydroxyl groups is 1. The van der Waals surface area contributed by atoms with E-state index < -0.39 is 11.6 Å². The Morgan fingerprint density at radius 1 is 1.30 bits per heavy atom. The van der Waals surface area contributed by atoms with Gasteiger partial charge < -0.3 is 25.0 Å². The number of pyridine rings is 2. The Kier molecular flexibility index (Phi) is 5.26. The van der Waals surface area contributed by atoms with Gasteiger partial charge in [0, 0.05) is 22.6 Å². The normalized spacial score (nSPS) is 21.3. The van der Waals surface area contributed by atoms with Crippen LogP contribution in [0.2, 0.25) is 0 Å². The SMILES string of the molecule is CC[C@@]1(O)C(=O)OCc2c1cc1n(c2=O)Cc2c-1nc1cc(F)c(C)c3c1c2[C@@H](NC(=O)CNC)CC3. The van der Waals surface area contributed by atoms with E-state index in [0.717, 1.165) is 22.1 Å². The molecule has 0 fully saturated rings. The van der Waals surface area contributed by atoms with Crippen molar-refractivity contribution in [3.8, 4) is 11.4 Å². The molecule has 37 heavy (non-hydrogen) atoms. The number of ether oxygens (including phenoxy) is 1. The molecule has 3 N–H and O–H groups in total. The zero-order valence-corrected chi connectivity index (χ0v) is 20.8. The van der Waals surface area contributed by atoms with Crippen LogP contribution in [0.5, 0.6) is 0 Å². The highest BCUT2D eigenvalue weighted by atomic mass is 19.1. The number of benzene rings is 1. The highest BCUT2D eigenvalue weighted by Crippen LogP contribution is 2.45. The third kappa shape index (κ3) is 3.21. The van der Waals surface area contributed by atoms with Crippen molar-refractivity contribution in [2.24, 2.45) is 0 Å². The lowest BCUT2D eigenvalue weighted by Gasteiger charge is -2.31. The second-order valence-corrected chi connectivity index (χ2v) is 10.0. The fourth-order valence-corrected chi connectivity index (χ4v) is 6.10. The second-order valence-electron chi connectivity index (χ2n) is 10.0. The van der Waals surface area contributed by atoms with Crippen molar-refractivity contribution in [2.75, 3.05) is 13.6 Å². The first kappa shape index (κ1) is 23.7. The molecule has 0 saturated carbocycles. The summed E-state index contributed by atoms with van der Waals surface area (Å²) in [5.74, 6) is -1.32. The van der Waals surface area contributed by atoms with Crippen molar-refractivity contribution in [3.05, 3.63) is 61.7 Å². The predicted octanol–water partition coefficient (Wildman–Crippen LogP) is 1.85. The van der Waals surface area contributed by atoms with Crippen molar-refractivity contribution in [1.82, 2.24) is 20.2 Å². The summed E-state index contributed by atoms with van der Waals surface area (Å²) < 4.78 is 21.6. The number of hydrogen-bond donors (Lipinski definition) is 3. The van der Waals surface area contributed by atoms with Gasteiger partial charge in [0.2, 0.25) is 5.91 Å². The van der Waals surface area contributed by atoms with Crippen LogP contribution in [-0.2, 0) is 39.5 Å². The van der Waals surface area contributed by atoms with Gasteiger partial charge in [-0.2, -0.15) is 0 Å². The standard InChI is InChI=1S/C27H27FN4O5/c1-4-27(36)16-7-20-24-14(10-32(20)25(34)15(16)11-37-26(27)35)23-18(30-21(33)9-29-3)6-5-13-12(2)17(28)8-19(31-24)22(13)23/h7-8,18,29,36H,4-6,9-11H2,1-3H3,(H,30,33)/t18-,27-/m0/s1. The Morgan fingerprint density at radius 3 is 2.81 bits per heavy atom. The predicted molar refractivity (Wildman–Crippen MR) is 132 cm³/mol. The number of cyclic esters (lactones) is 1. The van der Waals surface area contributed by atoms with Gasteiger partial charge in [-0.1, -0.05) is 6.92 Å². The number of hydrogen-bond acceptors (Lipinski definition) is 7. The lowest BCUT2D eigenvalue weighted by molar-refractivity contribution is -0.172. The lowest BCUT2D eigenvalue weighted by atomic mass is 9.81. The summed E-state index contributed by atoms with van der Waals surface area (Å²) in [5, 5.41) is 17.9. The Labute approximate surface area is 211 Å². The Hall–Kier alpha value is -3.63. The summed E-state index contributed by atoms with van der Waals surface area (Å²) in [5.41, 5.74) is 2.59. The van der Waals surface area contributed by atoms with Gasteiger partial charge in [0.05, 0.1) is 41.6 Å². The molecule has 0 unspecified atom stereocenters. The Morgan fingerprint density at radius 2 is 2.08 bits per heavy atom. The fraction of sp³-hybridized carbons (Fsp3) is 0.407. The largest absolute Gasteiger partial charge is 0.458 e. The molecule has 2 atom stereocenters. The van der Waals surface area contributed by atoms with Crippen LogP contribution in [0.1, 0.15) is 59.2 Å². The molecule has 2 aliphatic heterocycles. The van der Waals surface area contributed by atoms with E-state index in [0.29, 0.717) is 35.3 Å². The van der Waals surface area contributed by atoms with Crippen LogP contribution in [0, 0.1) is 12.7 Å². The molecule has 9 nitrogen and oxygen atoms in total. The van der Waals surface area contributed by atoms with E-state index in [1.54, 1.807) is 31.5 Å². The van der Waals surface area contributed by atoms with Crippen molar-refractivity contribution >= 4 is 22.8 Å². The summed E-state index contributed by atoms with van der Waals surface area (Å²) in [6.07, 6.45) is 1.21. The minimum atomic E-state index is -1.93. The number of aromatic nitrogens is 2. The second kappa shape index (κ2) is 8.19. The molecular weight excluding hydrogens is 479 g/mol. The van der Waals surface area contributed by atoms with Gasteiger partial charge in [0.25, 0.3) is 5.56 Å². The summed E-state index contributed by atoms with van der Waals surface area (Å²) in [6, 6.07) is 2.70. The van der Waals surface area contributed by atoms with Crippen LogP contribution >= 0.6 is 0 Å². The third-order valence-corrected chi connectivity index (χ3v) is 8.05. The first-order valence-electron chi connectivity index (χ1n) is 12.4. The Bertz CT molecular complexity index is 1600. The molecule has 6 rings (SSSR count). The van der Waals surface area contributed by atoms with Gasteiger partial charge in [-0.15, -0.1) is 0 Å². The first-order chi connectivity index (χ1) is 17.7. The van der Waals surface area contributed by atoms with E-state index in [9.17, 15) is 23.9 Å². The number of carbonyl (C=O) groups excluding carboxylic acids is 2. The zero-order chi connectivity index (χ0) is 26.2. The minimum Gasteiger partial charge on any atom is -0.458 e. The number of amides is 1. The molecule has 1 aromatic carbocycles. The van der Waals surface area contributed by atoms with E-state index in [2.05, 4.69) is 10.6 Å². The molecule has 1 aliphatic carbocycles. The third-order valence-electron chi connectivity index (χ3n) is 8.05. The van der Waals surface area contributed by atoms with Gasteiger partial charge >= 0.3 is 5.97 Å². The number of carbonyl (C=O) groups is 2. The molecule has 10 heteroatoms. The highest BCUT2D eigenvalue weighted by Gasteiger charge is 2.46. The van der Waals surface area contributed by atoms with Crippen LogP contribution in [0.15, 0.2) is 16.9 Å². The number of halogens is 1. The van der Waals surface area contributed by atoms with Gasteiger partial charge in [0.1, 0.15) is 12.4 Å². The van der Waals surface area contributed by atoms with Crippen molar-refractivity contribution in [2.45, 2.75) is 57.9 Å². The average molecular weight is 507 g/mol. The van der Waals surface area contributed by atoms with Crippen LogP contribution in [0.4, 0.5) is 4.39 Å². The number of nitrogens with zero attached hydrogens (tertiary/aromatic N) is 2. The van der Waals surface area contributed by atoms with Crippen LogP contribution in [0.3, 0.4) is 0 Å². The highest BCUT2D eigenvalue weighted by molar-refractivity contribution is 5.94. The van der Waals surface area contributed by atoms with E-state index in [1.165, 1.54) is 6.07 Å². The summed E-state index contributed by atoms with van der Waals surface area (Å²) in [4.78, 5) is 43.5. The van der Waals surface area contributed by atoms with E-state index in [1.807, 2.05) is 0 Å². The zero-order valence-electron chi connectivity index (χ0n) is 20.8. The van der Waals surface area contributed by atoms with E-state index >= 15 is 0 Å². The van der Waals surface area contributed by atoms with Gasteiger partial charge in [0.15, 0.2) is 5.60 Å². The molecule has 2 aromatic heterocycles. The summed E-state index contributed by atoms with van der Waals surface area (Å²) >= 11 is 0. The molecule has 0 spiro atoms. The van der Waals surface area contributed by atoms with Crippen LogP contribution < -0.4 is 16.2 Å². The van der Waals surface area contributed by atoms with Gasteiger partial charge in [-0.25, -0.2) is 14.2 Å². The quantitative estimate of drug-likeness (QED) is 0.361. The molecule has 0 saturated heterocycles. The number of rotatable bonds is 4. The number of esters is 1. The maximum Gasteiger partial charge on any atom is 0.343 e. The maximum absolute atomic E-state index is 14.9. The molecule has 192 valence electrons. The maximum atomic E-state index is 14.9. The van der Waals surface area contributed by atoms with E-state index in [4.69, 9.17) is 9.72 Å². The van der Waals surface area contributed by atoms with Gasteiger partial charge in [-0.05, 0) is 56.0 Å². The van der Waals surface area contributed by atoms with Crippen molar-refractivity contribution in [3.63, 3.8) is 0 Å². The van der Waals surface area contributed by atoms with Crippen LogP contribution in [0.25, 0.3) is 22.3 Å². The molecule has 0 radical (unpaired) electrons. The Balaban J connectivity index is 1.63. The average Bonchev–Trinajstić information content (AvgIpc) is 3.24. The summed E-state index contributed by atoms with van der Waals surface area (Å²) in [6.45, 7) is 3.54. The molecule has 0 bridgehead atoms. The number of aryl methyl sites for hydroxylation is 1. The van der Waals surface area contributed by atoms with E-state index in [-0.39, 0.29) is 60.6 Å². The fourth-order valence-electron chi connectivity index (χ4n) is 6.10. The monoisotopic (exact) mass is 506 g/mol. The van der Waals surface area contributed by atoms with Crippen molar-refractivity contribution < 1.29 is 23.8 Å². The molecular formula is C27H27FN4O5. The molecule has 3 aliphatic rings. The van der Waals surface area contributed by atoms with Crippen LogP contribution in [-0.4, -0.2) is 40.1 Å².